The number of halogens is 2. The number of nitrogens with zero attached hydrogens (tertiary/aromatic N) is 1. The molecule has 4 heteroatoms. The Morgan fingerprint density at radius 1 is 0.739 bits per heavy atom. The van der Waals surface area contributed by atoms with E-state index in [1.165, 1.54) is 11.1 Å². The number of benzene rings is 3. The van der Waals surface area contributed by atoms with Gasteiger partial charge in [-0.25, -0.2) is 4.98 Å². The first-order valence-corrected chi connectivity index (χ1v) is 8.80. The van der Waals surface area contributed by atoms with Crippen molar-refractivity contribution in [2.24, 2.45) is 0 Å². The standard InChI is InChI=1S/C19H12Br2N2/c20-15-10-16(21)18-17(11-15)22-19(23-18)14-8-6-13(7-9-14)12-4-2-1-3-5-12/h1-11H,(H,22,23). The van der Waals surface area contributed by atoms with Gasteiger partial charge >= 0.3 is 0 Å². The Bertz CT molecular complexity index is 974. The quantitative estimate of drug-likeness (QED) is 0.392. The summed E-state index contributed by atoms with van der Waals surface area (Å²) in [7, 11) is 0. The molecular formula is C19H12Br2N2. The predicted molar refractivity (Wildman–Crippen MR) is 102 cm³/mol. The predicted octanol–water partition coefficient (Wildman–Crippen LogP) is 6.42. The van der Waals surface area contributed by atoms with Crippen molar-refractivity contribution < 1.29 is 0 Å². The number of aromatic amines is 1. The van der Waals surface area contributed by atoms with E-state index in [1.807, 2.05) is 18.2 Å². The van der Waals surface area contributed by atoms with Gasteiger partial charge in [-0.3, -0.25) is 0 Å². The van der Waals surface area contributed by atoms with Crippen molar-refractivity contribution in [2.75, 3.05) is 0 Å². The molecule has 0 spiro atoms. The lowest BCUT2D eigenvalue weighted by Crippen LogP contribution is -1.81. The van der Waals surface area contributed by atoms with Crippen LogP contribution in [0.4, 0.5) is 0 Å². The lowest BCUT2D eigenvalue weighted by molar-refractivity contribution is 1.33. The molecule has 0 bridgehead atoms. The fourth-order valence-corrected chi connectivity index (χ4v) is 3.94. The topological polar surface area (TPSA) is 28.7 Å². The molecule has 0 aliphatic carbocycles. The highest BCUT2D eigenvalue weighted by Gasteiger charge is 2.09. The van der Waals surface area contributed by atoms with Crippen LogP contribution in [-0.2, 0) is 0 Å². The van der Waals surface area contributed by atoms with Crippen LogP contribution in [0.2, 0.25) is 0 Å². The fraction of sp³-hybridized carbons (Fsp3) is 0. The number of nitrogens with one attached hydrogen (secondary N) is 1. The molecule has 0 fully saturated rings. The molecule has 0 atom stereocenters. The van der Waals surface area contributed by atoms with Gasteiger partial charge in [-0.1, -0.05) is 70.5 Å². The van der Waals surface area contributed by atoms with Crippen LogP contribution < -0.4 is 0 Å². The summed E-state index contributed by atoms with van der Waals surface area (Å²) in [5.41, 5.74) is 5.44. The second-order valence-corrected chi connectivity index (χ2v) is 7.08. The first-order chi connectivity index (χ1) is 11.2. The minimum Gasteiger partial charge on any atom is -0.338 e. The van der Waals surface area contributed by atoms with Gasteiger partial charge in [0.25, 0.3) is 0 Å². The van der Waals surface area contributed by atoms with Crippen molar-refractivity contribution in [3.8, 4) is 22.5 Å². The molecule has 0 unspecified atom stereocenters. The maximum atomic E-state index is 4.70. The van der Waals surface area contributed by atoms with Crippen LogP contribution in [0, 0.1) is 0 Å². The van der Waals surface area contributed by atoms with Crippen LogP contribution in [0.15, 0.2) is 75.7 Å². The Balaban J connectivity index is 1.75. The molecule has 1 N–H and O–H groups in total. The molecule has 1 heterocycles. The molecule has 0 saturated carbocycles. The molecule has 112 valence electrons. The molecular weight excluding hydrogens is 416 g/mol. The van der Waals surface area contributed by atoms with Gasteiger partial charge in [-0.05, 0) is 39.2 Å². The summed E-state index contributed by atoms with van der Waals surface area (Å²) in [5, 5.41) is 0. The number of imidazole rings is 1. The van der Waals surface area contributed by atoms with Crippen LogP contribution in [0.5, 0.6) is 0 Å². The number of hydrogen-bond donors (Lipinski definition) is 1. The van der Waals surface area contributed by atoms with Crippen molar-refractivity contribution in [3.05, 3.63) is 75.7 Å². The minimum absolute atomic E-state index is 0.874. The number of hydrogen-bond acceptors (Lipinski definition) is 1. The summed E-state index contributed by atoms with van der Waals surface area (Å²) in [6.45, 7) is 0. The molecule has 4 rings (SSSR count). The van der Waals surface area contributed by atoms with Crippen molar-refractivity contribution in [1.82, 2.24) is 9.97 Å². The van der Waals surface area contributed by atoms with Crippen LogP contribution in [0.3, 0.4) is 0 Å². The summed E-state index contributed by atoms with van der Waals surface area (Å²) in [4.78, 5) is 8.08. The lowest BCUT2D eigenvalue weighted by Gasteiger charge is -2.02. The number of aromatic nitrogens is 2. The van der Waals surface area contributed by atoms with Crippen LogP contribution >= 0.6 is 31.9 Å². The van der Waals surface area contributed by atoms with E-state index < -0.39 is 0 Å². The minimum atomic E-state index is 0.874. The number of H-pyrrole nitrogens is 1. The van der Waals surface area contributed by atoms with Crippen LogP contribution in [-0.4, -0.2) is 9.97 Å². The second kappa shape index (κ2) is 5.95. The van der Waals surface area contributed by atoms with Crippen LogP contribution in [0.1, 0.15) is 0 Å². The molecule has 0 amide bonds. The van der Waals surface area contributed by atoms with E-state index in [1.54, 1.807) is 0 Å². The molecule has 1 aromatic heterocycles. The maximum absolute atomic E-state index is 4.70. The summed E-state index contributed by atoms with van der Waals surface area (Å²) in [6, 6.07) is 22.9. The average molecular weight is 428 g/mol. The van der Waals surface area contributed by atoms with E-state index in [-0.39, 0.29) is 0 Å². The highest BCUT2D eigenvalue weighted by atomic mass is 79.9. The van der Waals surface area contributed by atoms with E-state index in [0.717, 1.165) is 31.4 Å². The Morgan fingerprint density at radius 3 is 2.13 bits per heavy atom. The summed E-state index contributed by atoms with van der Waals surface area (Å²) in [6.07, 6.45) is 0. The maximum Gasteiger partial charge on any atom is 0.138 e. The third kappa shape index (κ3) is 2.84. The Morgan fingerprint density at radius 2 is 1.39 bits per heavy atom. The summed E-state index contributed by atoms with van der Waals surface area (Å²) < 4.78 is 2.00. The van der Waals surface area contributed by atoms with E-state index in [9.17, 15) is 0 Å². The first-order valence-electron chi connectivity index (χ1n) is 7.21. The Hall–Kier alpha value is -1.91. The van der Waals surface area contributed by atoms with Gasteiger partial charge in [-0.15, -0.1) is 0 Å². The molecule has 2 nitrogen and oxygen atoms in total. The van der Waals surface area contributed by atoms with Gasteiger partial charge in [0.2, 0.25) is 0 Å². The highest BCUT2D eigenvalue weighted by Crippen LogP contribution is 2.30. The lowest BCUT2D eigenvalue weighted by atomic mass is 10.0. The van der Waals surface area contributed by atoms with Crippen molar-refractivity contribution in [1.29, 1.82) is 0 Å². The third-order valence-electron chi connectivity index (χ3n) is 3.77. The molecule has 4 aromatic rings. The second-order valence-electron chi connectivity index (χ2n) is 5.31. The molecule has 0 aliphatic rings. The van der Waals surface area contributed by atoms with E-state index in [2.05, 4.69) is 85.4 Å². The first kappa shape index (κ1) is 14.7. The fourth-order valence-electron chi connectivity index (χ4n) is 2.63. The Labute approximate surface area is 150 Å². The molecule has 0 radical (unpaired) electrons. The van der Waals surface area contributed by atoms with Gasteiger partial charge in [-0.2, -0.15) is 0 Å². The summed E-state index contributed by atoms with van der Waals surface area (Å²) in [5.74, 6) is 0.874. The number of fused-ring (bicyclic) bond motifs is 1. The van der Waals surface area contributed by atoms with Gasteiger partial charge in [0.15, 0.2) is 0 Å². The zero-order valence-electron chi connectivity index (χ0n) is 12.1. The zero-order valence-corrected chi connectivity index (χ0v) is 15.2. The van der Waals surface area contributed by atoms with Gasteiger partial charge in [0.1, 0.15) is 11.3 Å². The SMILES string of the molecule is Brc1cc(Br)c2nc(-c3ccc(-c4ccccc4)cc3)[nH]c2c1. The highest BCUT2D eigenvalue weighted by molar-refractivity contribution is 9.11. The van der Waals surface area contributed by atoms with E-state index >= 15 is 0 Å². The van der Waals surface area contributed by atoms with Gasteiger partial charge in [0, 0.05) is 14.5 Å². The van der Waals surface area contributed by atoms with Crippen molar-refractivity contribution >= 4 is 42.9 Å². The smallest absolute Gasteiger partial charge is 0.138 e. The summed E-state index contributed by atoms with van der Waals surface area (Å²) >= 11 is 7.07. The monoisotopic (exact) mass is 426 g/mol. The van der Waals surface area contributed by atoms with Gasteiger partial charge in [0.05, 0.1) is 5.52 Å². The van der Waals surface area contributed by atoms with Crippen molar-refractivity contribution in [3.63, 3.8) is 0 Å². The van der Waals surface area contributed by atoms with E-state index in [4.69, 9.17) is 4.98 Å². The molecule has 0 aliphatic heterocycles. The van der Waals surface area contributed by atoms with Gasteiger partial charge < -0.3 is 4.98 Å². The molecule has 0 saturated heterocycles. The Kier molecular flexibility index (Phi) is 3.79. The molecule has 3 aromatic carbocycles. The van der Waals surface area contributed by atoms with Crippen LogP contribution in [0.25, 0.3) is 33.5 Å². The average Bonchev–Trinajstić information content (AvgIpc) is 3.00. The largest absolute Gasteiger partial charge is 0.338 e. The van der Waals surface area contributed by atoms with E-state index in [0.29, 0.717) is 0 Å². The molecule has 23 heavy (non-hydrogen) atoms. The number of rotatable bonds is 2. The third-order valence-corrected chi connectivity index (χ3v) is 4.83. The van der Waals surface area contributed by atoms with Crippen molar-refractivity contribution in [2.45, 2.75) is 0 Å². The zero-order chi connectivity index (χ0) is 15.8. The normalized spacial score (nSPS) is 11.0.